The summed E-state index contributed by atoms with van der Waals surface area (Å²) in [5.41, 5.74) is -0.484. The van der Waals surface area contributed by atoms with Crippen LogP contribution in [-0.2, 0) is 19.6 Å². The van der Waals surface area contributed by atoms with E-state index in [1.54, 1.807) is 4.90 Å². The number of piperidine rings is 1. The molecule has 0 bridgehead atoms. The van der Waals surface area contributed by atoms with E-state index in [1.165, 1.54) is 4.31 Å². The average Bonchev–Trinajstić information content (AvgIpc) is 2.70. The van der Waals surface area contributed by atoms with Crippen LogP contribution < -0.4 is 5.32 Å². The van der Waals surface area contributed by atoms with E-state index in [0.717, 1.165) is 38.9 Å². The SMILES string of the molecule is CCCS(=O)(=O)N1CCCC(C(=O)NCCCN2CCN(C(=O)OC(C)(C)C)CC2)C1. The van der Waals surface area contributed by atoms with E-state index in [2.05, 4.69) is 10.2 Å². The van der Waals surface area contributed by atoms with E-state index >= 15 is 0 Å². The number of carbonyl (C=O) groups excluding carboxylic acids is 2. The highest BCUT2D eigenvalue weighted by Gasteiger charge is 2.31. The maximum Gasteiger partial charge on any atom is 0.410 e. The lowest BCUT2D eigenvalue weighted by Crippen LogP contribution is -2.50. The van der Waals surface area contributed by atoms with Crippen LogP contribution in [0.3, 0.4) is 0 Å². The van der Waals surface area contributed by atoms with Gasteiger partial charge in [-0.15, -0.1) is 0 Å². The molecule has 2 heterocycles. The van der Waals surface area contributed by atoms with E-state index in [-0.39, 0.29) is 23.7 Å². The molecule has 0 radical (unpaired) electrons. The van der Waals surface area contributed by atoms with Gasteiger partial charge >= 0.3 is 6.09 Å². The Bertz CT molecular complexity index is 699. The van der Waals surface area contributed by atoms with Crippen LogP contribution in [0.25, 0.3) is 0 Å². The van der Waals surface area contributed by atoms with Crippen LogP contribution in [0, 0.1) is 5.92 Å². The van der Waals surface area contributed by atoms with Crippen molar-refractivity contribution < 1.29 is 22.7 Å². The monoisotopic (exact) mass is 460 g/mol. The fraction of sp³-hybridized carbons (Fsp3) is 0.905. The lowest BCUT2D eigenvalue weighted by Gasteiger charge is -2.35. The van der Waals surface area contributed by atoms with E-state index in [9.17, 15) is 18.0 Å². The Kier molecular flexibility index (Phi) is 9.57. The van der Waals surface area contributed by atoms with E-state index in [0.29, 0.717) is 39.1 Å². The van der Waals surface area contributed by atoms with Crippen molar-refractivity contribution in [2.24, 2.45) is 5.92 Å². The molecule has 2 amide bonds. The molecule has 0 aromatic rings. The van der Waals surface area contributed by atoms with Crippen LogP contribution in [0.2, 0.25) is 0 Å². The molecule has 0 aliphatic carbocycles. The van der Waals surface area contributed by atoms with Crippen LogP contribution in [0.15, 0.2) is 0 Å². The number of nitrogens with zero attached hydrogens (tertiary/aromatic N) is 3. The van der Waals surface area contributed by atoms with Crippen LogP contribution in [0.1, 0.15) is 53.4 Å². The second-order valence-electron chi connectivity index (χ2n) is 9.47. The summed E-state index contributed by atoms with van der Waals surface area (Å²) < 4.78 is 31.5. The van der Waals surface area contributed by atoms with Crippen LogP contribution in [0.5, 0.6) is 0 Å². The zero-order chi connectivity index (χ0) is 23.1. The first-order valence-electron chi connectivity index (χ1n) is 11.5. The van der Waals surface area contributed by atoms with Gasteiger partial charge in [0.2, 0.25) is 15.9 Å². The minimum absolute atomic E-state index is 0.0499. The standard InChI is InChI=1S/C21H40N4O5S/c1-5-16-31(28,29)25-11-6-8-18(17-25)19(26)22-9-7-10-23-12-14-24(15-13-23)20(27)30-21(2,3)4/h18H,5-17H2,1-4H3,(H,22,26). The fourth-order valence-electron chi connectivity index (χ4n) is 3.94. The largest absolute Gasteiger partial charge is 0.444 e. The number of carbonyl (C=O) groups is 2. The molecule has 0 aromatic heterocycles. The first kappa shape index (κ1) is 25.9. The molecule has 1 N–H and O–H groups in total. The molecule has 10 heteroatoms. The first-order chi connectivity index (χ1) is 14.5. The second kappa shape index (κ2) is 11.5. The maximum atomic E-state index is 12.5. The molecule has 2 fully saturated rings. The number of rotatable bonds is 8. The predicted octanol–water partition coefficient (Wildman–Crippen LogP) is 1.50. The molecule has 1 unspecified atom stereocenters. The minimum atomic E-state index is -3.25. The summed E-state index contributed by atoms with van der Waals surface area (Å²) in [4.78, 5) is 28.7. The third-order valence-corrected chi connectivity index (χ3v) is 7.63. The van der Waals surface area contributed by atoms with Gasteiger partial charge in [-0.3, -0.25) is 9.69 Å². The molecule has 2 aliphatic rings. The molecule has 2 saturated heterocycles. The van der Waals surface area contributed by atoms with E-state index in [4.69, 9.17) is 4.74 Å². The van der Waals surface area contributed by atoms with Crippen molar-refractivity contribution in [2.75, 3.05) is 58.1 Å². The zero-order valence-electron chi connectivity index (χ0n) is 19.6. The highest BCUT2D eigenvalue weighted by Crippen LogP contribution is 2.20. The molecule has 0 saturated carbocycles. The summed E-state index contributed by atoms with van der Waals surface area (Å²) >= 11 is 0. The lowest BCUT2D eigenvalue weighted by molar-refractivity contribution is -0.126. The van der Waals surface area contributed by atoms with Crippen molar-refractivity contribution >= 4 is 22.0 Å². The van der Waals surface area contributed by atoms with Gasteiger partial charge in [0, 0.05) is 45.8 Å². The number of sulfonamides is 1. The van der Waals surface area contributed by atoms with Crippen molar-refractivity contribution in [1.29, 1.82) is 0 Å². The van der Waals surface area contributed by atoms with Gasteiger partial charge < -0.3 is 15.0 Å². The highest BCUT2D eigenvalue weighted by molar-refractivity contribution is 7.89. The topological polar surface area (TPSA) is 99.3 Å². The Labute approximate surface area is 187 Å². The van der Waals surface area contributed by atoms with Gasteiger partial charge in [0.25, 0.3) is 0 Å². The average molecular weight is 461 g/mol. The number of ether oxygens (including phenoxy) is 1. The molecule has 0 spiro atoms. The Hall–Kier alpha value is -1.39. The lowest BCUT2D eigenvalue weighted by atomic mass is 9.99. The number of hydrogen-bond acceptors (Lipinski definition) is 6. The minimum Gasteiger partial charge on any atom is -0.444 e. The van der Waals surface area contributed by atoms with Crippen molar-refractivity contribution in [3.05, 3.63) is 0 Å². The summed E-state index contributed by atoms with van der Waals surface area (Å²) in [7, 11) is -3.25. The third kappa shape index (κ3) is 8.57. The second-order valence-corrected chi connectivity index (χ2v) is 11.6. The fourth-order valence-corrected chi connectivity index (χ4v) is 5.52. The molecule has 2 aliphatic heterocycles. The first-order valence-corrected chi connectivity index (χ1v) is 13.1. The molecule has 9 nitrogen and oxygen atoms in total. The number of piperazine rings is 1. The van der Waals surface area contributed by atoms with Gasteiger partial charge in [-0.2, -0.15) is 0 Å². The van der Waals surface area contributed by atoms with E-state index in [1.807, 2.05) is 27.7 Å². The summed E-state index contributed by atoms with van der Waals surface area (Å²) in [6, 6.07) is 0. The molecular formula is C21H40N4O5S. The van der Waals surface area contributed by atoms with Crippen LogP contribution in [-0.4, -0.2) is 98.2 Å². The Balaban J connectivity index is 1.65. The molecular weight excluding hydrogens is 420 g/mol. The van der Waals surface area contributed by atoms with Gasteiger partial charge in [-0.05, 0) is 53.0 Å². The smallest absolute Gasteiger partial charge is 0.410 e. The van der Waals surface area contributed by atoms with Crippen LogP contribution >= 0.6 is 0 Å². The summed E-state index contributed by atoms with van der Waals surface area (Å²) in [6.45, 7) is 12.6. The molecule has 2 rings (SSSR count). The van der Waals surface area contributed by atoms with Crippen LogP contribution in [0.4, 0.5) is 4.79 Å². The zero-order valence-corrected chi connectivity index (χ0v) is 20.4. The Morgan fingerprint density at radius 3 is 2.39 bits per heavy atom. The molecule has 1 atom stereocenters. The quantitative estimate of drug-likeness (QED) is 0.551. The number of hydrogen-bond donors (Lipinski definition) is 1. The van der Waals surface area contributed by atoms with Crippen molar-refractivity contribution in [3.8, 4) is 0 Å². The number of amides is 2. The maximum absolute atomic E-state index is 12.5. The van der Waals surface area contributed by atoms with Crippen molar-refractivity contribution in [3.63, 3.8) is 0 Å². The summed E-state index contributed by atoms with van der Waals surface area (Å²) in [6.07, 6.45) is 2.60. The Morgan fingerprint density at radius 1 is 1.10 bits per heavy atom. The summed E-state index contributed by atoms with van der Waals surface area (Å²) in [5.74, 6) is -0.174. The normalized spacial score (nSPS) is 21.7. The van der Waals surface area contributed by atoms with Crippen molar-refractivity contribution in [2.45, 2.75) is 59.0 Å². The molecule has 180 valence electrons. The Morgan fingerprint density at radius 2 is 1.77 bits per heavy atom. The van der Waals surface area contributed by atoms with Gasteiger partial charge in [-0.1, -0.05) is 6.92 Å². The predicted molar refractivity (Wildman–Crippen MR) is 120 cm³/mol. The third-order valence-electron chi connectivity index (χ3n) is 5.58. The van der Waals surface area contributed by atoms with Crippen molar-refractivity contribution in [1.82, 2.24) is 19.4 Å². The summed E-state index contributed by atoms with van der Waals surface area (Å²) in [5, 5.41) is 2.98. The number of nitrogens with one attached hydrogen (secondary N) is 1. The molecule has 31 heavy (non-hydrogen) atoms. The van der Waals surface area contributed by atoms with Gasteiger partial charge in [0.15, 0.2) is 0 Å². The van der Waals surface area contributed by atoms with E-state index < -0.39 is 15.6 Å². The van der Waals surface area contributed by atoms with Gasteiger partial charge in [0.1, 0.15) is 5.60 Å². The highest BCUT2D eigenvalue weighted by atomic mass is 32.2. The van der Waals surface area contributed by atoms with Gasteiger partial charge in [0.05, 0.1) is 11.7 Å². The molecule has 0 aromatic carbocycles. The van der Waals surface area contributed by atoms with Gasteiger partial charge in [-0.25, -0.2) is 17.5 Å².